The Balaban J connectivity index is 1.57. The fourth-order valence-electron chi connectivity index (χ4n) is 4.03. The second-order valence-corrected chi connectivity index (χ2v) is 7.08. The van der Waals surface area contributed by atoms with E-state index >= 15 is 0 Å². The Hall–Kier alpha value is -2.42. The number of rotatable bonds is 5. The van der Waals surface area contributed by atoms with Gasteiger partial charge in [0, 0.05) is 38.1 Å². The van der Waals surface area contributed by atoms with Crippen LogP contribution in [0.2, 0.25) is 0 Å². The van der Waals surface area contributed by atoms with Gasteiger partial charge in [-0.15, -0.1) is 0 Å². The van der Waals surface area contributed by atoms with Crippen molar-refractivity contribution in [3.63, 3.8) is 0 Å². The molecule has 4 rings (SSSR count). The second-order valence-electron chi connectivity index (χ2n) is 7.08. The van der Waals surface area contributed by atoms with Crippen molar-refractivity contribution >= 4 is 0 Å². The van der Waals surface area contributed by atoms with Gasteiger partial charge in [-0.3, -0.25) is 4.90 Å². The Kier molecular flexibility index (Phi) is 5.44. The van der Waals surface area contributed by atoms with Crippen molar-refractivity contribution in [2.24, 2.45) is 0 Å². The summed E-state index contributed by atoms with van der Waals surface area (Å²) < 4.78 is 0. The Bertz CT molecular complexity index is 747. The largest absolute Gasteiger partial charge is 0.310 e. The summed E-state index contributed by atoms with van der Waals surface area (Å²) in [4.78, 5) is 2.58. The monoisotopic (exact) mass is 342 g/mol. The van der Waals surface area contributed by atoms with E-state index in [4.69, 9.17) is 0 Å². The van der Waals surface area contributed by atoms with Gasteiger partial charge in [-0.05, 0) is 16.7 Å². The van der Waals surface area contributed by atoms with Crippen molar-refractivity contribution < 1.29 is 0 Å². The molecule has 132 valence electrons. The molecule has 0 bridgehead atoms. The van der Waals surface area contributed by atoms with Crippen LogP contribution < -0.4 is 5.32 Å². The van der Waals surface area contributed by atoms with Crippen molar-refractivity contribution in [1.82, 2.24) is 10.2 Å². The van der Waals surface area contributed by atoms with Gasteiger partial charge in [0.15, 0.2) is 0 Å². The minimum Gasteiger partial charge on any atom is -0.310 e. The quantitative estimate of drug-likeness (QED) is 0.744. The standard InChI is InChI=1S/C24H26N2/c1-4-10-20(11-5-1)18-26-17-16-25-23(19-26)24(21-12-6-2-7-13-21)22-14-8-3-9-15-22/h1-15,23-25H,16-19H2. The molecule has 0 amide bonds. The molecule has 1 unspecified atom stereocenters. The van der Waals surface area contributed by atoms with E-state index in [2.05, 4.69) is 101 Å². The van der Waals surface area contributed by atoms with Crippen LogP contribution in [0.3, 0.4) is 0 Å². The van der Waals surface area contributed by atoms with Gasteiger partial charge in [0.2, 0.25) is 0 Å². The predicted molar refractivity (Wildman–Crippen MR) is 108 cm³/mol. The highest BCUT2D eigenvalue weighted by Crippen LogP contribution is 2.29. The molecule has 0 aromatic heterocycles. The van der Waals surface area contributed by atoms with Gasteiger partial charge in [-0.1, -0.05) is 91.0 Å². The lowest BCUT2D eigenvalue weighted by molar-refractivity contribution is 0.184. The highest BCUT2D eigenvalue weighted by atomic mass is 15.2. The molecule has 0 spiro atoms. The third kappa shape index (κ3) is 4.04. The normalized spacial score (nSPS) is 18.1. The molecule has 2 heteroatoms. The molecule has 1 N–H and O–H groups in total. The molecular formula is C24H26N2. The smallest absolute Gasteiger partial charge is 0.0304 e. The third-order valence-corrected chi connectivity index (χ3v) is 5.26. The SMILES string of the molecule is c1ccc(CN2CCNC(C(c3ccccc3)c3ccccc3)C2)cc1. The van der Waals surface area contributed by atoms with E-state index in [9.17, 15) is 0 Å². The van der Waals surface area contributed by atoms with Crippen LogP contribution in [-0.2, 0) is 6.54 Å². The summed E-state index contributed by atoms with van der Waals surface area (Å²) in [5.41, 5.74) is 4.17. The first kappa shape index (κ1) is 17.0. The molecule has 1 saturated heterocycles. The number of hydrogen-bond donors (Lipinski definition) is 1. The van der Waals surface area contributed by atoms with Gasteiger partial charge in [0.25, 0.3) is 0 Å². The minimum atomic E-state index is 0.371. The molecule has 1 heterocycles. The maximum Gasteiger partial charge on any atom is 0.0304 e. The van der Waals surface area contributed by atoms with Crippen molar-refractivity contribution in [2.75, 3.05) is 19.6 Å². The molecule has 0 saturated carbocycles. The number of nitrogens with zero attached hydrogens (tertiary/aromatic N) is 1. The summed E-state index contributed by atoms with van der Waals surface area (Å²) in [5, 5.41) is 3.79. The van der Waals surface area contributed by atoms with Crippen molar-refractivity contribution in [3.8, 4) is 0 Å². The van der Waals surface area contributed by atoms with Crippen LogP contribution in [0.15, 0.2) is 91.0 Å². The van der Waals surface area contributed by atoms with E-state index in [1.165, 1.54) is 16.7 Å². The first-order chi connectivity index (χ1) is 12.9. The van der Waals surface area contributed by atoms with Gasteiger partial charge in [-0.25, -0.2) is 0 Å². The number of nitrogens with one attached hydrogen (secondary N) is 1. The Morgan fingerprint density at radius 1 is 0.769 bits per heavy atom. The van der Waals surface area contributed by atoms with Crippen molar-refractivity contribution in [3.05, 3.63) is 108 Å². The topological polar surface area (TPSA) is 15.3 Å². The van der Waals surface area contributed by atoms with Crippen LogP contribution in [0, 0.1) is 0 Å². The van der Waals surface area contributed by atoms with Gasteiger partial charge in [-0.2, -0.15) is 0 Å². The maximum absolute atomic E-state index is 3.79. The number of benzene rings is 3. The second kappa shape index (κ2) is 8.31. The molecule has 1 aliphatic rings. The molecule has 0 radical (unpaired) electrons. The minimum absolute atomic E-state index is 0.371. The Morgan fingerprint density at radius 3 is 1.88 bits per heavy atom. The van der Waals surface area contributed by atoms with E-state index in [1.54, 1.807) is 0 Å². The molecule has 0 aliphatic carbocycles. The van der Waals surface area contributed by atoms with Crippen LogP contribution in [0.25, 0.3) is 0 Å². The highest BCUT2D eigenvalue weighted by molar-refractivity contribution is 5.34. The zero-order valence-corrected chi connectivity index (χ0v) is 15.1. The zero-order chi connectivity index (χ0) is 17.6. The fraction of sp³-hybridized carbons (Fsp3) is 0.250. The van der Waals surface area contributed by atoms with E-state index in [0.29, 0.717) is 12.0 Å². The van der Waals surface area contributed by atoms with Crippen LogP contribution >= 0.6 is 0 Å². The van der Waals surface area contributed by atoms with Crippen LogP contribution in [0.1, 0.15) is 22.6 Å². The molecule has 2 nitrogen and oxygen atoms in total. The molecular weight excluding hydrogens is 316 g/mol. The average Bonchev–Trinajstić information content (AvgIpc) is 2.71. The molecule has 3 aromatic rings. The summed E-state index contributed by atoms with van der Waals surface area (Å²) in [6, 6.07) is 33.0. The molecule has 1 fully saturated rings. The van der Waals surface area contributed by atoms with Crippen LogP contribution in [0.5, 0.6) is 0 Å². The molecule has 1 aliphatic heterocycles. The number of hydrogen-bond acceptors (Lipinski definition) is 2. The van der Waals surface area contributed by atoms with Gasteiger partial charge in [0.05, 0.1) is 0 Å². The predicted octanol–water partition coefficient (Wildman–Crippen LogP) is 4.29. The lowest BCUT2D eigenvalue weighted by Crippen LogP contribution is -2.52. The van der Waals surface area contributed by atoms with E-state index in [-0.39, 0.29) is 0 Å². The summed E-state index contributed by atoms with van der Waals surface area (Å²) in [7, 11) is 0. The molecule has 1 atom stereocenters. The van der Waals surface area contributed by atoms with Gasteiger partial charge < -0.3 is 5.32 Å². The number of piperazine rings is 1. The lowest BCUT2D eigenvalue weighted by Gasteiger charge is -2.38. The summed E-state index contributed by atoms with van der Waals surface area (Å²) in [5.74, 6) is 0.371. The summed E-state index contributed by atoms with van der Waals surface area (Å²) in [6.07, 6.45) is 0. The van der Waals surface area contributed by atoms with Crippen molar-refractivity contribution in [1.29, 1.82) is 0 Å². The summed E-state index contributed by atoms with van der Waals surface area (Å²) in [6.45, 7) is 4.22. The molecule has 26 heavy (non-hydrogen) atoms. The van der Waals surface area contributed by atoms with E-state index < -0.39 is 0 Å². The third-order valence-electron chi connectivity index (χ3n) is 5.26. The van der Waals surface area contributed by atoms with E-state index in [0.717, 1.165) is 26.2 Å². The fourth-order valence-corrected chi connectivity index (χ4v) is 4.03. The lowest BCUT2D eigenvalue weighted by atomic mass is 9.84. The first-order valence-corrected chi connectivity index (χ1v) is 9.50. The highest BCUT2D eigenvalue weighted by Gasteiger charge is 2.29. The zero-order valence-electron chi connectivity index (χ0n) is 15.1. The average molecular weight is 342 g/mol. The van der Waals surface area contributed by atoms with Gasteiger partial charge >= 0.3 is 0 Å². The van der Waals surface area contributed by atoms with Crippen LogP contribution in [0.4, 0.5) is 0 Å². The Morgan fingerprint density at radius 2 is 1.31 bits per heavy atom. The maximum atomic E-state index is 3.79. The Labute approximate surface area is 156 Å². The van der Waals surface area contributed by atoms with Gasteiger partial charge in [0.1, 0.15) is 0 Å². The van der Waals surface area contributed by atoms with E-state index in [1.807, 2.05) is 0 Å². The van der Waals surface area contributed by atoms with Crippen molar-refractivity contribution in [2.45, 2.75) is 18.5 Å². The van der Waals surface area contributed by atoms with Crippen LogP contribution in [-0.4, -0.2) is 30.6 Å². The first-order valence-electron chi connectivity index (χ1n) is 9.50. The summed E-state index contributed by atoms with van der Waals surface area (Å²) >= 11 is 0. The molecule has 3 aromatic carbocycles.